The van der Waals surface area contributed by atoms with E-state index in [2.05, 4.69) is 32.7 Å². The minimum absolute atomic E-state index is 0.569. The van der Waals surface area contributed by atoms with Crippen molar-refractivity contribution in [1.82, 2.24) is 5.32 Å². The minimum atomic E-state index is 0.569. The van der Waals surface area contributed by atoms with Gasteiger partial charge in [-0.2, -0.15) is 0 Å². The van der Waals surface area contributed by atoms with Crippen LogP contribution >= 0.6 is 0 Å². The molecule has 1 heteroatoms. The van der Waals surface area contributed by atoms with E-state index < -0.39 is 0 Å². The Morgan fingerprint density at radius 2 is 2.09 bits per heavy atom. The molecule has 0 aliphatic rings. The van der Waals surface area contributed by atoms with Gasteiger partial charge in [-0.1, -0.05) is 26.3 Å². The second-order valence-corrected chi connectivity index (χ2v) is 3.19. The molecule has 0 bridgehead atoms. The SMILES string of the molecule is C=CC(C)C(C)NCCCC. The van der Waals surface area contributed by atoms with Crippen LogP contribution in [0.3, 0.4) is 0 Å². The molecule has 0 aromatic carbocycles. The summed E-state index contributed by atoms with van der Waals surface area (Å²) >= 11 is 0. The van der Waals surface area contributed by atoms with Crippen LogP contribution in [-0.2, 0) is 0 Å². The molecule has 0 fully saturated rings. The predicted octanol–water partition coefficient (Wildman–Crippen LogP) is 2.59. The van der Waals surface area contributed by atoms with Crippen LogP contribution in [0.15, 0.2) is 12.7 Å². The van der Waals surface area contributed by atoms with Gasteiger partial charge in [0.2, 0.25) is 0 Å². The van der Waals surface area contributed by atoms with E-state index in [1.54, 1.807) is 0 Å². The van der Waals surface area contributed by atoms with Crippen LogP contribution in [0.5, 0.6) is 0 Å². The zero-order chi connectivity index (χ0) is 8.69. The number of unbranched alkanes of at least 4 members (excludes halogenated alkanes) is 1. The lowest BCUT2D eigenvalue weighted by Gasteiger charge is -2.17. The molecule has 0 aromatic heterocycles. The molecular weight excluding hydrogens is 134 g/mol. The molecular formula is C10H21N. The zero-order valence-electron chi connectivity index (χ0n) is 8.06. The molecule has 2 unspecified atom stereocenters. The first kappa shape index (κ1) is 10.7. The summed E-state index contributed by atoms with van der Waals surface area (Å²) in [6, 6.07) is 0.569. The molecule has 0 aromatic rings. The molecule has 0 saturated heterocycles. The number of hydrogen-bond acceptors (Lipinski definition) is 1. The maximum Gasteiger partial charge on any atom is 0.00987 e. The van der Waals surface area contributed by atoms with Crippen molar-refractivity contribution in [2.75, 3.05) is 6.54 Å². The number of nitrogens with one attached hydrogen (secondary N) is 1. The lowest BCUT2D eigenvalue weighted by Crippen LogP contribution is -2.31. The van der Waals surface area contributed by atoms with E-state index in [1.807, 2.05) is 6.08 Å². The fourth-order valence-corrected chi connectivity index (χ4v) is 0.897. The summed E-state index contributed by atoms with van der Waals surface area (Å²) in [4.78, 5) is 0. The summed E-state index contributed by atoms with van der Waals surface area (Å²) in [5.74, 6) is 0.576. The van der Waals surface area contributed by atoms with E-state index in [4.69, 9.17) is 0 Å². The Hall–Kier alpha value is -0.300. The smallest absolute Gasteiger partial charge is 0.00987 e. The molecule has 2 atom stereocenters. The average molecular weight is 155 g/mol. The van der Waals surface area contributed by atoms with Gasteiger partial charge < -0.3 is 5.32 Å². The molecule has 0 amide bonds. The summed E-state index contributed by atoms with van der Waals surface area (Å²) in [5, 5.41) is 3.46. The van der Waals surface area contributed by atoms with Gasteiger partial charge in [0, 0.05) is 6.04 Å². The Bertz CT molecular complexity index is 99.0. The second-order valence-electron chi connectivity index (χ2n) is 3.19. The standard InChI is InChI=1S/C10H21N/c1-5-7-8-11-10(4)9(3)6-2/h6,9-11H,2,5,7-8H2,1,3-4H3. The van der Waals surface area contributed by atoms with Crippen LogP contribution < -0.4 is 5.32 Å². The Kier molecular flexibility index (Phi) is 6.24. The molecule has 0 aliphatic carbocycles. The summed E-state index contributed by atoms with van der Waals surface area (Å²) in [5.41, 5.74) is 0. The quantitative estimate of drug-likeness (QED) is 0.459. The van der Waals surface area contributed by atoms with Crippen LogP contribution in [0.2, 0.25) is 0 Å². The Morgan fingerprint density at radius 1 is 1.45 bits per heavy atom. The average Bonchev–Trinajstić information content (AvgIpc) is 2.03. The van der Waals surface area contributed by atoms with Gasteiger partial charge in [0.05, 0.1) is 0 Å². The predicted molar refractivity (Wildman–Crippen MR) is 51.7 cm³/mol. The topological polar surface area (TPSA) is 12.0 Å². The summed E-state index contributed by atoms with van der Waals surface area (Å²) < 4.78 is 0. The van der Waals surface area contributed by atoms with E-state index in [9.17, 15) is 0 Å². The van der Waals surface area contributed by atoms with E-state index in [1.165, 1.54) is 12.8 Å². The Labute approximate surface area is 70.9 Å². The van der Waals surface area contributed by atoms with Gasteiger partial charge in [-0.15, -0.1) is 6.58 Å². The molecule has 0 saturated carbocycles. The van der Waals surface area contributed by atoms with Gasteiger partial charge in [0.1, 0.15) is 0 Å². The summed E-state index contributed by atoms with van der Waals surface area (Å²) in [6.45, 7) is 11.5. The first-order valence-corrected chi connectivity index (χ1v) is 4.58. The molecule has 1 nitrogen and oxygen atoms in total. The summed E-state index contributed by atoms with van der Waals surface area (Å²) in [7, 11) is 0. The highest BCUT2D eigenvalue weighted by molar-refractivity contribution is 4.82. The third kappa shape index (κ3) is 5.02. The lowest BCUT2D eigenvalue weighted by atomic mass is 10.0. The van der Waals surface area contributed by atoms with Crippen LogP contribution in [0, 0.1) is 5.92 Å². The molecule has 0 heterocycles. The second kappa shape index (κ2) is 6.41. The molecule has 1 N–H and O–H groups in total. The lowest BCUT2D eigenvalue weighted by molar-refractivity contribution is 0.455. The van der Waals surface area contributed by atoms with Crippen molar-refractivity contribution < 1.29 is 0 Å². The molecule has 11 heavy (non-hydrogen) atoms. The molecule has 0 aliphatic heterocycles. The van der Waals surface area contributed by atoms with Crippen LogP contribution in [0.4, 0.5) is 0 Å². The third-order valence-electron chi connectivity index (χ3n) is 2.16. The Balaban J connectivity index is 3.35. The van der Waals surface area contributed by atoms with Crippen molar-refractivity contribution in [3.8, 4) is 0 Å². The van der Waals surface area contributed by atoms with Crippen LogP contribution in [0.1, 0.15) is 33.6 Å². The Morgan fingerprint density at radius 3 is 2.55 bits per heavy atom. The highest BCUT2D eigenvalue weighted by Gasteiger charge is 2.05. The number of hydrogen-bond donors (Lipinski definition) is 1. The van der Waals surface area contributed by atoms with E-state index in [-0.39, 0.29) is 0 Å². The maximum atomic E-state index is 3.77. The van der Waals surface area contributed by atoms with Crippen molar-refractivity contribution in [2.24, 2.45) is 5.92 Å². The van der Waals surface area contributed by atoms with Crippen molar-refractivity contribution in [3.05, 3.63) is 12.7 Å². The van der Waals surface area contributed by atoms with Gasteiger partial charge in [-0.05, 0) is 25.8 Å². The van der Waals surface area contributed by atoms with Crippen LogP contribution in [-0.4, -0.2) is 12.6 Å². The first-order valence-electron chi connectivity index (χ1n) is 4.58. The molecule has 66 valence electrons. The molecule has 0 radical (unpaired) electrons. The number of rotatable bonds is 6. The van der Waals surface area contributed by atoms with Gasteiger partial charge in [0.25, 0.3) is 0 Å². The van der Waals surface area contributed by atoms with E-state index in [0.717, 1.165) is 6.54 Å². The van der Waals surface area contributed by atoms with Crippen molar-refractivity contribution in [1.29, 1.82) is 0 Å². The van der Waals surface area contributed by atoms with Gasteiger partial charge in [0.15, 0.2) is 0 Å². The van der Waals surface area contributed by atoms with Crippen LogP contribution in [0.25, 0.3) is 0 Å². The van der Waals surface area contributed by atoms with Crippen molar-refractivity contribution in [2.45, 2.75) is 39.7 Å². The first-order chi connectivity index (χ1) is 5.22. The minimum Gasteiger partial charge on any atom is -0.314 e. The highest BCUT2D eigenvalue weighted by Crippen LogP contribution is 2.02. The largest absolute Gasteiger partial charge is 0.314 e. The zero-order valence-corrected chi connectivity index (χ0v) is 8.06. The van der Waals surface area contributed by atoms with Gasteiger partial charge in [-0.3, -0.25) is 0 Å². The van der Waals surface area contributed by atoms with Gasteiger partial charge >= 0.3 is 0 Å². The van der Waals surface area contributed by atoms with Crippen molar-refractivity contribution >= 4 is 0 Å². The van der Waals surface area contributed by atoms with Crippen molar-refractivity contribution in [3.63, 3.8) is 0 Å². The normalized spacial score (nSPS) is 15.9. The van der Waals surface area contributed by atoms with E-state index >= 15 is 0 Å². The third-order valence-corrected chi connectivity index (χ3v) is 2.16. The maximum absolute atomic E-state index is 3.77. The van der Waals surface area contributed by atoms with E-state index in [0.29, 0.717) is 12.0 Å². The van der Waals surface area contributed by atoms with Gasteiger partial charge in [-0.25, -0.2) is 0 Å². The fourth-order valence-electron chi connectivity index (χ4n) is 0.897. The molecule has 0 spiro atoms. The highest BCUT2D eigenvalue weighted by atomic mass is 14.9. The monoisotopic (exact) mass is 155 g/mol. The molecule has 0 rings (SSSR count). The summed E-state index contributed by atoms with van der Waals surface area (Å²) in [6.07, 6.45) is 4.54. The fraction of sp³-hybridized carbons (Fsp3) is 0.800.